The van der Waals surface area contributed by atoms with E-state index in [0.29, 0.717) is 22.1 Å². The molecule has 3 rings (SSSR count). The number of thiazole rings is 1. The van der Waals surface area contributed by atoms with Gasteiger partial charge in [0.15, 0.2) is 5.13 Å². The molecule has 2 N–H and O–H groups in total. The van der Waals surface area contributed by atoms with Crippen molar-refractivity contribution in [2.75, 3.05) is 23.5 Å². The highest BCUT2D eigenvalue weighted by Gasteiger charge is 2.09. The van der Waals surface area contributed by atoms with Crippen molar-refractivity contribution in [3.8, 4) is 5.75 Å². The van der Waals surface area contributed by atoms with E-state index in [9.17, 15) is 9.59 Å². The first kappa shape index (κ1) is 19.9. The van der Waals surface area contributed by atoms with Crippen LogP contribution in [0.1, 0.15) is 16.1 Å². The molecular weight excluding hydrogens is 394 g/mol. The van der Waals surface area contributed by atoms with Gasteiger partial charge in [0, 0.05) is 21.5 Å². The fraction of sp³-hybridized carbons (Fsp3) is 0.150. The zero-order chi connectivity index (χ0) is 19.9. The number of benzene rings is 2. The summed E-state index contributed by atoms with van der Waals surface area (Å²) in [6.07, 6.45) is 0. The number of nitrogens with one attached hydrogen (secondary N) is 2. The van der Waals surface area contributed by atoms with Gasteiger partial charge in [0.1, 0.15) is 5.75 Å². The number of aryl methyl sites for hydroxylation is 1. The molecular formula is C20H19N3O3S2. The monoisotopic (exact) mass is 413 g/mol. The summed E-state index contributed by atoms with van der Waals surface area (Å²) >= 11 is 2.79. The predicted molar refractivity (Wildman–Crippen MR) is 114 cm³/mol. The molecule has 0 aliphatic rings. The van der Waals surface area contributed by atoms with Crippen LogP contribution in [0.4, 0.5) is 10.8 Å². The van der Waals surface area contributed by atoms with Gasteiger partial charge < -0.3 is 15.4 Å². The first-order chi connectivity index (χ1) is 13.5. The molecule has 0 fully saturated rings. The third-order valence-electron chi connectivity index (χ3n) is 3.66. The van der Waals surface area contributed by atoms with Gasteiger partial charge >= 0.3 is 0 Å². The molecule has 0 atom stereocenters. The second-order valence-corrected chi connectivity index (χ2v) is 7.75. The average Bonchev–Trinajstić information content (AvgIpc) is 3.11. The number of hydrogen-bond acceptors (Lipinski definition) is 6. The van der Waals surface area contributed by atoms with Crippen LogP contribution in [0, 0.1) is 6.92 Å². The van der Waals surface area contributed by atoms with E-state index in [1.165, 1.54) is 23.1 Å². The normalized spacial score (nSPS) is 10.4. The Morgan fingerprint density at radius 2 is 1.96 bits per heavy atom. The van der Waals surface area contributed by atoms with E-state index < -0.39 is 0 Å². The number of anilines is 2. The van der Waals surface area contributed by atoms with Crippen LogP contribution in [0.3, 0.4) is 0 Å². The van der Waals surface area contributed by atoms with Crippen LogP contribution < -0.4 is 15.4 Å². The van der Waals surface area contributed by atoms with Gasteiger partial charge in [0.25, 0.3) is 5.91 Å². The number of aromatic nitrogens is 1. The second-order valence-electron chi connectivity index (χ2n) is 5.84. The summed E-state index contributed by atoms with van der Waals surface area (Å²) in [5.74, 6) is 0.535. The van der Waals surface area contributed by atoms with E-state index in [1.54, 1.807) is 37.4 Å². The summed E-state index contributed by atoms with van der Waals surface area (Å²) in [5, 5.41) is 8.13. The minimum Gasteiger partial charge on any atom is -0.497 e. The Bertz CT molecular complexity index is 988. The number of methoxy groups -OCH3 is 1. The lowest BCUT2D eigenvalue weighted by Gasteiger charge is -2.08. The molecule has 0 saturated heterocycles. The van der Waals surface area contributed by atoms with E-state index in [2.05, 4.69) is 15.6 Å². The van der Waals surface area contributed by atoms with Crippen molar-refractivity contribution in [2.45, 2.75) is 11.8 Å². The highest BCUT2D eigenvalue weighted by atomic mass is 32.2. The Balaban J connectivity index is 1.57. The van der Waals surface area contributed by atoms with E-state index in [1.807, 2.05) is 30.5 Å². The van der Waals surface area contributed by atoms with Crippen molar-refractivity contribution < 1.29 is 14.3 Å². The molecule has 0 unspecified atom stereocenters. The van der Waals surface area contributed by atoms with Crippen molar-refractivity contribution in [1.82, 2.24) is 4.98 Å². The molecule has 28 heavy (non-hydrogen) atoms. The topological polar surface area (TPSA) is 80.3 Å². The lowest BCUT2D eigenvalue weighted by molar-refractivity contribution is -0.113. The third-order valence-corrected chi connectivity index (χ3v) is 5.53. The first-order valence-corrected chi connectivity index (χ1v) is 10.3. The largest absolute Gasteiger partial charge is 0.497 e. The standard InChI is InChI=1S/C20H19N3O3S2/c1-13-11-28-20(21-13)23-18(24)12-27-17-8-4-6-15(10-17)22-19(25)14-5-3-7-16(9-14)26-2/h3-11H,12H2,1-2H3,(H,22,25)(H,21,23,24). The summed E-state index contributed by atoms with van der Waals surface area (Å²) in [5.41, 5.74) is 2.05. The minimum atomic E-state index is -0.224. The molecule has 0 saturated carbocycles. The Kier molecular flexibility index (Phi) is 6.67. The van der Waals surface area contributed by atoms with Gasteiger partial charge in [-0.3, -0.25) is 9.59 Å². The van der Waals surface area contributed by atoms with Gasteiger partial charge in [0.2, 0.25) is 5.91 Å². The Labute approximate surface area is 171 Å². The van der Waals surface area contributed by atoms with Gasteiger partial charge in [0.05, 0.1) is 18.6 Å². The molecule has 6 nitrogen and oxygen atoms in total. The van der Waals surface area contributed by atoms with Crippen LogP contribution in [0.25, 0.3) is 0 Å². The van der Waals surface area contributed by atoms with Crippen LogP contribution in [0.2, 0.25) is 0 Å². The summed E-state index contributed by atoms with van der Waals surface area (Å²) in [7, 11) is 1.56. The number of nitrogens with zero attached hydrogens (tertiary/aromatic N) is 1. The van der Waals surface area contributed by atoms with Gasteiger partial charge in [-0.1, -0.05) is 12.1 Å². The molecule has 144 valence electrons. The van der Waals surface area contributed by atoms with Crippen LogP contribution in [0.15, 0.2) is 58.8 Å². The lowest BCUT2D eigenvalue weighted by atomic mass is 10.2. The molecule has 2 aromatic carbocycles. The fourth-order valence-corrected chi connectivity index (χ4v) is 3.81. The number of carbonyl (C=O) groups is 2. The predicted octanol–water partition coefficient (Wildman–Crippen LogP) is 4.44. The minimum absolute atomic E-state index is 0.120. The highest BCUT2D eigenvalue weighted by molar-refractivity contribution is 8.00. The van der Waals surface area contributed by atoms with Gasteiger partial charge in [-0.2, -0.15) is 0 Å². The quantitative estimate of drug-likeness (QED) is 0.560. The Hall–Kier alpha value is -2.84. The molecule has 1 aromatic heterocycles. The first-order valence-electron chi connectivity index (χ1n) is 8.44. The van der Waals surface area contributed by atoms with E-state index in [0.717, 1.165) is 10.6 Å². The summed E-state index contributed by atoms with van der Waals surface area (Å²) in [4.78, 5) is 29.6. The van der Waals surface area contributed by atoms with E-state index >= 15 is 0 Å². The average molecular weight is 414 g/mol. The molecule has 1 heterocycles. The second kappa shape index (κ2) is 9.38. The number of carbonyl (C=O) groups excluding carboxylic acids is 2. The van der Waals surface area contributed by atoms with Crippen LogP contribution in [-0.2, 0) is 4.79 Å². The van der Waals surface area contributed by atoms with Gasteiger partial charge in [-0.25, -0.2) is 4.98 Å². The van der Waals surface area contributed by atoms with Crippen molar-refractivity contribution in [1.29, 1.82) is 0 Å². The number of hydrogen-bond donors (Lipinski definition) is 2. The highest BCUT2D eigenvalue weighted by Crippen LogP contribution is 2.23. The molecule has 0 radical (unpaired) electrons. The maximum absolute atomic E-state index is 12.4. The Morgan fingerprint density at radius 1 is 1.14 bits per heavy atom. The van der Waals surface area contributed by atoms with Crippen molar-refractivity contribution in [3.05, 3.63) is 65.2 Å². The zero-order valence-corrected chi connectivity index (χ0v) is 17.0. The lowest BCUT2D eigenvalue weighted by Crippen LogP contribution is -2.14. The molecule has 0 bridgehead atoms. The molecule has 2 amide bonds. The number of rotatable bonds is 7. The Morgan fingerprint density at radius 3 is 2.71 bits per heavy atom. The van der Waals surface area contributed by atoms with Gasteiger partial charge in [-0.05, 0) is 43.3 Å². The fourth-order valence-electron chi connectivity index (χ4n) is 2.35. The SMILES string of the molecule is COc1cccc(C(=O)Nc2cccc(SCC(=O)Nc3nc(C)cs3)c2)c1. The van der Waals surface area contributed by atoms with Crippen molar-refractivity contribution >= 4 is 45.7 Å². The van der Waals surface area contributed by atoms with Crippen molar-refractivity contribution in [2.24, 2.45) is 0 Å². The number of thioether (sulfide) groups is 1. The maximum atomic E-state index is 12.4. The molecule has 3 aromatic rings. The summed E-state index contributed by atoms with van der Waals surface area (Å²) in [6, 6.07) is 14.3. The van der Waals surface area contributed by atoms with E-state index in [-0.39, 0.29) is 17.6 Å². The summed E-state index contributed by atoms with van der Waals surface area (Å²) < 4.78 is 5.15. The van der Waals surface area contributed by atoms with Crippen molar-refractivity contribution in [3.63, 3.8) is 0 Å². The van der Waals surface area contributed by atoms with Gasteiger partial charge in [-0.15, -0.1) is 23.1 Å². The maximum Gasteiger partial charge on any atom is 0.255 e. The van der Waals surface area contributed by atoms with Crippen LogP contribution in [-0.4, -0.2) is 29.7 Å². The molecule has 8 heteroatoms. The van der Waals surface area contributed by atoms with Crippen LogP contribution >= 0.6 is 23.1 Å². The molecule has 0 aliphatic heterocycles. The third kappa shape index (κ3) is 5.58. The van der Waals surface area contributed by atoms with E-state index in [4.69, 9.17) is 4.74 Å². The smallest absolute Gasteiger partial charge is 0.255 e. The van der Waals surface area contributed by atoms with Crippen LogP contribution in [0.5, 0.6) is 5.75 Å². The molecule has 0 aliphatic carbocycles. The number of ether oxygens (including phenoxy) is 1. The zero-order valence-electron chi connectivity index (χ0n) is 15.4. The molecule has 0 spiro atoms. The number of amides is 2. The summed E-state index contributed by atoms with van der Waals surface area (Å²) in [6.45, 7) is 1.88.